The molecule has 1 aromatic heterocycles. The van der Waals surface area contributed by atoms with E-state index in [9.17, 15) is 13.2 Å². The van der Waals surface area contributed by atoms with Crippen molar-refractivity contribution in [2.24, 2.45) is 0 Å². The van der Waals surface area contributed by atoms with Crippen LogP contribution in [0.15, 0.2) is 54.9 Å². The summed E-state index contributed by atoms with van der Waals surface area (Å²) in [4.78, 5) is 17.6. The van der Waals surface area contributed by atoms with Crippen molar-refractivity contribution in [3.63, 3.8) is 0 Å². The zero-order valence-corrected chi connectivity index (χ0v) is 18.8. The third-order valence-corrected chi connectivity index (χ3v) is 7.56. The number of rotatable bonds is 5. The molecule has 0 saturated carbocycles. The van der Waals surface area contributed by atoms with Gasteiger partial charge in [-0.15, -0.1) is 0 Å². The van der Waals surface area contributed by atoms with Gasteiger partial charge < -0.3 is 5.32 Å². The van der Waals surface area contributed by atoms with Crippen LogP contribution in [-0.2, 0) is 21.5 Å². The van der Waals surface area contributed by atoms with E-state index in [-0.39, 0.29) is 25.5 Å². The van der Waals surface area contributed by atoms with Crippen molar-refractivity contribution in [2.45, 2.75) is 12.5 Å². The van der Waals surface area contributed by atoms with Gasteiger partial charge in [-0.3, -0.25) is 9.78 Å². The number of hydrogen-bond acceptors (Lipinski definition) is 5. The average molecular weight is 470 g/mol. The third-order valence-electron chi connectivity index (χ3n) is 5.47. The Morgan fingerprint density at radius 3 is 2.88 bits per heavy atom. The van der Waals surface area contributed by atoms with Crippen molar-refractivity contribution in [3.8, 4) is 6.07 Å². The van der Waals surface area contributed by atoms with E-state index in [2.05, 4.69) is 10.3 Å². The Labute approximate surface area is 191 Å². The van der Waals surface area contributed by atoms with E-state index < -0.39 is 16.1 Å². The second-order valence-electron chi connectivity index (χ2n) is 7.51. The standard InChI is InChI=1S/C22H20ClN5O3S/c1-27(9-8-24)32(30,31)28-13-16-6-7-17(23)10-19(16)20(14-28)22(29)26-21-12-25-11-15-4-2-3-5-18(15)21/h2-7,10-12,20H,9,13-14H2,1H3,(H,26,29)/t20-/m1/s1. The summed E-state index contributed by atoms with van der Waals surface area (Å²) in [6, 6.07) is 14.5. The Morgan fingerprint density at radius 2 is 2.09 bits per heavy atom. The monoisotopic (exact) mass is 469 g/mol. The molecule has 1 N–H and O–H groups in total. The van der Waals surface area contributed by atoms with E-state index in [4.69, 9.17) is 16.9 Å². The van der Waals surface area contributed by atoms with Crippen molar-refractivity contribution in [3.05, 3.63) is 71.0 Å². The number of nitriles is 1. The molecule has 0 fully saturated rings. The predicted octanol–water partition coefficient (Wildman–Crippen LogP) is 3.13. The van der Waals surface area contributed by atoms with Gasteiger partial charge in [-0.2, -0.15) is 22.3 Å². The predicted molar refractivity (Wildman–Crippen MR) is 122 cm³/mol. The lowest BCUT2D eigenvalue weighted by atomic mass is 9.90. The van der Waals surface area contributed by atoms with Crippen LogP contribution in [0.3, 0.4) is 0 Å². The van der Waals surface area contributed by atoms with E-state index in [1.165, 1.54) is 11.4 Å². The lowest BCUT2D eigenvalue weighted by Gasteiger charge is -2.35. The summed E-state index contributed by atoms with van der Waals surface area (Å²) in [5.41, 5.74) is 1.90. The summed E-state index contributed by atoms with van der Waals surface area (Å²) in [7, 11) is -2.59. The second kappa shape index (κ2) is 8.84. The molecule has 3 aromatic rings. The number of fused-ring (bicyclic) bond motifs is 2. The third kappa shape index (κ3) is 4.18. The van der Waals surface area contributed by atoms with Gasteiger partial charge in [0.1, 0.15) is 6.54 Å². The molecule has 32 heavy (non-hydrogen) atoms. The van der Waals surface area contributed by atoms with Crippen molar-refractivity contribution in [1.82, 2.24) is 13.6 Å². The van der Waals surface area contributed by atoms with Crippen molar-refractivity contribution < 1.29 is 13.2 Å². The van der Waals surface area contributed by atoms with Gasteiger partial charge in [-0.25, -0.2) is 0 Å². The SMILES string of the molecule is CN(CC#N)S(=O)(=O)N1Cc2ccc(Cl)cc2[C@H](C(=O)Nc2cncc3ccccc23)C1. The summed E-state index contributed by atoms with van der Waals surface area (Å²) in [5.74, 6) is -1.16. The van der Waals surface area contributed by atoms with Crippen molar-refractivity contribution in [1.29, 1.82) is 5.26 Å². The summed E-state index contributed by atoms with van der Waals surface area (Å²) >= 11 is 6.19. The Kier molecular flexibility index (Phi) is 6.13. The quantitative estimate of drug-likeness (QED) is 0.578. The first kappa shape index (κ1) is 22.2. The molecule has 0 spiro atoms. The highest BCUT2D eigenvalue weighted by atomic mass is 35.5. The molecule has 1 amide bonds. The largest absolute Gasteiger partial charge is 0.324 e. The molecule has 0 unspecified atom stereocenters. The number of benzene rings is 2. The fourth-order valence-corrected chi connectivity index (χ4v) is 5.24. The minimum atomic E-state index is -3.93. The smallest absolute Gasteiger partial charge is 0.283 e. The molecule has 0 aliphatic carbocycles. The highest BCUT2D eigenvalue weighted by Gasteiger charge is 2.37. The molecule has 2 aromatic carbocycles. The first-order valence-corrected chi connectivity index (χ1v) is 11.6. The van der Waals surface area contributed by atoms with Gasteiger partial charge in [0.15, 0.2) is 0 Å². The van der Waals surface area contributed by atoms with E-state index in [1.54, 1.807) is 30.6 Å². The summed E-state index contributed by atoms with van der Waals surface area (Å²) in [5, 5.41) is 14.0. The van der Waals surface area contributed by atoms with E-state index in [0.717, 1.165) is 15.1 Å². The molecule has 1 aliphatic rings. The zero-order chi connectivity index (χ0) is 22.9. The maximum Gasteiger partial charge on any atom is 0.283 e. The lowest BCUT2D eigenvalue weighted by Crippen LogP contribution is -2.47. The van der Waals surface area contributed by atoms with Gasteiger partial charge in [-0.05, 0) is 23.3 Å². The van der Waals surface area contributed by atoms with E-state index >= 15 is 0 Å². The van der Waals surface area contributed by atoms with Gasteiger partial charge in [0.2, 0.25) is 5.91 Å². The maximum absolute atomic E-state index is 13.4. The molecule has 1 aliphatic heterocycles. The molecule has 8 nitrogen and oxygen atoms in total. The normalized spacial score (nSPS) is 16.5. The first-order chi connectivity index (χ1) is 15.3. The molecule has 10 heteroatoms. The number of aromatic nitrogens is 1. The van der Waals surface area contributed by atoms with Gasteiger partial charge in [0.05, 0.1) is 23.9 Å². The van der Waals surface area contributed by atoms with Gasteiger partial charge in [0.25, 0.3) is 10.2 Å². The van der Waals surface area contributed by atoms with Crippen molar-refractivity contribution >= 4 is 44.2 Å². The Hall–Kier alpha value is -3.03. The number of halogens is 1. The number of pyridine rings is 1. The minimum absolute atomic E-state index is 0.0739. The number of hydrogen-bond donors (Lipinski definition) is 1. The molecule has 2 heterocycles. The summed E-state index contributed by atoms with van der Waals surface area (Å²) in [6.45, 7) is -0.273. The van der Waals surface area contributed by atoms with E-state index in [0.29, 0.717) is 21.8 Å². The Morgan fingerprint density at radius 1 is 1.31 bits per heavy atom. The fourth-order valence-electron chi connectivity index (χ4n) is 3.80. The molecule has 0 radical (unpaired) electrons. The van der Waals surface area contributed by atoms with E-state index in [1.807, 2.05) is 30.3 Å². The van der Waals surface area contributed by atoms with Crippen LogP contribution >= 0.6 is 11.6 Å². The number of nitrogens with one attached hydrogen (secondary N) is 1. The Bertz CT molecular complexity index is 1330. The molecular formula is C22H20ClN5O3S. The van der Waals surface area contributed by atoms with Crippen LogP contribution in [0, 0.1) is 11.3 Å². The van der Waals surface area contributed by atoms with Crippen LogP contribution in [-0.4, -0.2) is 48.1 Å². The average Bonchev–Trinajstić information content (AvgIpc) is 2.78. The zero-order valence-electron chi connectivity index (χ0n) is 17.2. The number of carbonyl (C=O) groups excluding carboxylic acids is 1. The molecule has 0 saturated heterocycles. The molecule has 164 valence electrons. The van der Waals surface area contributed by atoms with Crippen LogP contribution < -0.4 is 5.32 Å². The lowest BCUT2D eigenvalue weighted by molar-refractivity contribution is -0.118. The Balaban J connectivity index is 1.70. The summed E-state index contributed by atoms with van der Waals surface area (Å²) in [6.07, 6.45) is 3.27. The van der Waals surface area contributed by atoms with Crippen LogP contribution in [0.2, 0.25) is 5.02 Å². The maximum atomic E-state index is 13.4. The van der Waals surface area contributed by atoms with Gasteiger partial charge in [-0.1, -0.05) is 41.9 Å². The molecule has 0 bridgehead atoms. The van der Waals surface area contributed by atoms with Crippen LogP contribution in [0.4, 0.5) is 5.69 Å². The number of carbonyl (C=O) groups is 1. The highest BCUT2D eigenvalue weighted by molar-refractivity contribution is 7.86. The minimum Gasteiger partial charge on any atom is -0.324 e. The van der Waals surface area contributed by atoms with Crippen LogP contribution in [0.1, 0.15) is 17.0 Å². The first-order valence-electron chi connectivity index (χ1n) is 9.81. The summed E-state index contributed by atoms with van der Waals surface area (Å²) < 4.78 is 28.2. The fraction of sp³-hybridized carbons (Fsp3) is 0.227. The molecule has 4 rings (SSSR count). The highest BCUT2D eigenvalue weighted by Crippen LogP contribution is 2.34. The number of anilines is 1. The van der Waals surface area contributed by atoms with Gasteiger partial charge in [0, 0.05) is 42.1 Å². The molecule has 1 atom stereocenters. The number of nitrogens with zero attached hydrogens (tertiary/aromatic N) is 4. The van der Waals surface area contributed by atoms with Crippen molar-refractivity contribution in [2.75, 3.05) is 25.5 Å². The van der Waals surface area contributed by atoms with Crippen LogP contribution in [0.25, 0.3) is 10.8 Å². The second-order valence-corrected chi connectivity index (χ2v) is 9.98. The topological polar surface area (TPSA) is 106 Å². The van der Waals surface area contributed by atoms with Gasteiger partial charge >= 0.3 is 0 Å². The number of amides is 1. The molecular weight excluding hydrogens is 450 g/mol. The van der Waals surface area contributed by atoms with Crippen LogP contribution in [0.5, 0.6) is 0 Å².